The largest absolute Gasteiger partial charge is 0.341 e. The van der Waals surface area contributed by atoms with E-state index in [1.165, 1.54) is 40.9 Å². The number of nitrogens with zero attached hydrogens (tertiary/aromatic N) is 4. The van der Waals surface area contributed by atoms with E-state index in [-0.39, 0.29) is 29.9 Å². The first-order valence-electron chi connectivity index (χ1n) is 12.9. The minimum absolute atomic E-state index is 0.0980. The van der Waals surface area contributed by atoms with Crippen LogP contribution < -0.4 is 4.90 Å². The van der Waals surface area contributed by atoms with Crippen molar-refractivity contribution in [2.75, 3.05) is 30.3 Å². The molecule has 1 aromatic heterocycles. The third-order valence-electron chi connectivity index (χ3n) is 7.11. The van der Waals surface area contributed by atoms with Crippen molar-refractivity contribution in [3.63, 3.8) is 0 Å². The molecule has 1 atom stereocenters. The van der Waals surface area contributed by atoms with Crippen molar-refractivity contribution in [2.45, 2.75) is 18.1 Å². The van der Waals surface area contributed by atoms with Gasteiger partial charge in [-0.1, -0.05) is 42.5 Å². The van der Waals surface area contributed by atoms with E-state index >= 15 is 0 Å². The molecule has 1 fully saturated rings. The van der Waals surface area contributed by atoms with Gasteiger partial charge in [-0.15, -0.1) is 11.8 Å². The highest BCUT2D eigenvalue weighted by atomic mass is 32.2. The Hall–Kier alpha value is -3.98. The predicted molar refractivity (Wildman–Crippen MR) is 148 cm³/mol. The summed E-state index contributed by atoms with van der Waals surface area (Å²) >= 11 is 1.38. The van der Waals surface area contributed by atoms with Crippen molar-refractivity contribution in [2.24, 2.45) is 0 Å². The summed E-state index contributed by atoms with van der Waals surface area (Å²) in [5.41, 5.74) is 3.38. The van der Waals surface area contributed by atoms with Gasteiger partial charge in [-0.2, -0.15) is 5.10 Å². The number of carbonyl (C=O) groups excluding carboxylic acids is 2. The summed E-state index contributed by atoms with van der Waals surface area (Å²) in [6.45, 7) is 1.20. The number of amides is 2. The summed E-state index contributed by atoms with van der Waals surface area (Å²) in [6, 6.07) is 21.8. The molecule has 2 amide bonds. The lowest BCUT2D eigenvalue weighted by molar-refractivity contribution is -0.130. The van der Waals surface area contributed by atoms with Crippen LogP contribution in [0.4, 0.5) is 14.6 Å². The Morgan fingerprint density at radius 1 is 0.923 bits per heavy atom. The van der Waals surface area contributed by atoms with Crippen LogP contribution >= 0.6 is 11.8 Å². The number of carbonyl (C=O) groups is 2. The maximum absolute atomic E-state index is 14.4. The fourth-order valence-electron chi connectivity index (χ4n) is 5.23. The van der Waals surface area contributed by atoms with E-state index in [0.29, 0.717) is 41.4 Å². The molecule has 6 nitrogen and oxygen atoms in total. The average Bonchev–Trinajstić information content (AvgIpc) is 3.59. The summed E-state index contributed by atoms with van der Waals surface area (Å²) in [6.07, 6.45) is 1.88. The number of likely N-dealkylation sites (tertiary alicyclic amines) is 1. The molecule has 0 aliphatic carbocycles. The smallest absolute Gasteiger partial charge is 0.242 e. The lowest BCUT2D eigenvalue weighted by Gasteiger charge is -2.25. The Balaban J connectivity index is 1.60. The van der Waals surface area contributed by atoms with E-state index in [0.717, 1.165) is 18.4 Å². The highest BCUT2D eigenvalue weighted by molar-refractivity contribution is 8.00. The van der Waals surface area contributed by atoms with Crippen LogP contribution in [-0.4, -0.2) is 51.9 Å². The van der Waals surface area contributed by atoms with Gasteiger partial charge < -0.3 is 4.90 Å². The number of hydrogen-bond donors (Lipinski definition) is 0. The molecule has 198 valence electrons. The number of anilines is 1. The molecular formula is C30H26F2N4O2S. The molecule has 6 rings (SSSR count). The van der Waals surface area contributed by atoms with Crippen molar-refractivity contribution in [1.82, 2.24) is 14.7 Å². The molecule has 2 aliphatic heterocycles. The molecule has 0 N–H and O–H groups in total. The maximum Gasteiger partial charge on any atom is 0.242 e. The number of thioether (sulfide) groups is 1. The molecule has 0 bridgehead atoms. The monoisotopic (exact) mass is 544 g/mol. The third kappa shape index (κ3) is 4.94. The minimum Gasteiger partial charge on any atom is -0.341 e. The maximum atomic E-state index is 14.4. The predicted octanol–water partition coefficient (Wildman–Crippen LogP) is 5.61. The summed E-state index contributed by atoms with van der Waals surface area (Å²) in [7, 11) is 0. The number of halogens is 2. The molecule has 3 heterocycles. The van der Waals surface area contributed by atoms with Crippen LogP contribution in [0.2, 0.25) is 0 Å². The van der Waals surface area contributed by atoms with Gasteiger partial charge in [0.05, 0.1) is 22.4 Å². The summed E-state index contributed by atoms with van der Waals surface area (Å²) in [5.74, 6) is -0.605. The second-order valence-electron chi connectivity index (χ2n) is 9.65. The number of rotatable bonds is 5. The van der Waals surface area contributed by atoms with Crippen LogP contribution in [0.5, 0.6) is 0 Å². The Morgan fingerprint density at radius 3 is 2.38 bits per heavy atom. The molecule has 39 heavy (non-hydrogen) atoms. The molecular weight excluding hydrogens is 518 g/mol. The Morgan fingerprint density at radius 2 is 1.67 bits per heavy atom. The molecule has 0 saturated carbocycles. The van der Waals surface area contributed by atoms with Crippen LogP contribution in [0, 0.1) is 11.6 Å². The normalized spacial score (nSPS) is 17.3. The van der Waals surface area contributed by atoms with Gasteiger partial charge in [0.25, 0.3) is 0 Å². The fourth-order valence-corrected chi connectivity index (χ4v) is 6.41. The van der Waals surface area contributed by atoms with Gasteiger partial charge in [0.1, 0.15) is 24.0 Å². The molecule has 0 radical (unpaired) electrons. The van der Waals surface area contributed by atoms with E-state index in [4.69, 9.17) is 5.10 Å². The van der Waals surface area contributed by atoms with E-state index in [1.54, 1.807) is 27.8 Å². The van der Waals surface area contributed by atoms with E-state index in [2.05, 4.69) is 0 Å². The summed E-state index contributed by atoms with van der Waals surface area (Å²) < 4.78 is 29.9. The second kappa shape index (κ2) is 10.6. The van der Waals surface area contributed by atoms with E-state index in [9.17, 15) is 18.4 Å². The molecule has 9 heteroatoms. The zero-order chi connectivity index (χ0) is 26.9. The first-order valence-corrected chi connectivity index (χ1v) is 13.9. The van der Waals surface area contributed by atoms with E-state index in [1.807, 2.05) is 36.4 Å². The Labute approximate surface area is 229 Å². The van der Waals surface area contributed by atoms with Crippen LogP contribution in [0.3, 0.4) is 0 Å². The topological polar surface area (TPSA) is 58.4 Å². The zero-order valence-electron chi connectivity index (χ0n) is 21.1. The van der Waals surface area contributed by atoms with Gasteiger partial charge in [-0.25, -0.2) is 13.5 Å². The molecule has 4 aromatic rings. The number of hydrogen-bond acceptors (Lipinski definition) is 4. The SMILES string of the molecule is O=C(CN1C(=O)CSC(c2cccc(F)c2)c2c(-c3ccccc3)nn(-c3ccc(F)cc3)c21)N1CCCC1. The van der Waals surface area contributed by atoms with Crippen LogP contribution in [0.1, 0.15) is 29.2 Å². The van der Waals surface area contributed by atoms with E-state index < -0.39 is 11.1 Å². The quantitative estimate of drug-likeness (QED) is 0.328. The van der Waals surface area contributed by atoms with Crippen molar-refractivity contribution in [1.29, 1.82) is 0 Å². The van der Waals surface area contributed by atoms with Crippen LogP contribution in [-0.2, 0) is 9.59 Å². The molecule has 2 aliphatic rings. The molecule has 3 aromatic carbocycles. The van der Waals surface area contributed by atoms with Crippen molar-refractivity contribution in [3.05, 3.63) is 102 Å². The minimum atomic E-state index is -0.434. The van der Waals surface area contributed by atoms with Crippen molar-refractivity contribution < 1.29 is 18.4 Å². The van der Waals surface area contributed by atoms with Crippen LogP contribution in [0.25, 0.3) is 16.9 Å². The Kier molecular flexibility index (Phi) is 6.91. The number of aromatic nitrogens is 2. The van der Waals surface area contributed by atoms with Gasteiger partial charge in [0.2, 0.25) is 11.8 Å². The Bertz CT molecular complexity index is 1520. The van der Waals surface area contributed by atoms with Gasteiger partial charge in [0, 0.05) is 24.2 Å². The first-order chi connectivity index (χ1) is 19.0. The summed E-state index contributed by atoms with van der Waals surface area (Å²) in [5, 5.41) is 4.53. The highest BCUT2D eigenvalue weighted by Crippen LogP contribution is 2.48. The molecule has 1 unspecified atom stereocenters. The van der Waals surface area contributed by atoms with Gasteiger partial charge in [-0.05, 0) is 54.8 Å². The average molecular weight is 545 g/mol. The van der Waals surface area contributed by atoms with Gasteiger partial charge >= 0.3 is 0 Å². The zero-order valence-corrected chi connectivity index (χ0v) is 21.9. The van der Waals surface area contributed by atoms with Crippen molar-refractivity contribution >= 4 is 29.4 Å². The van der Waals surface area contributed by atoms with Crippen molar-refractivity contribution in [3.8, 4) is 16.9 Å². The number of benzene rings is 3. The van der Waals surface area contributed by atoms with Crippen LogP contribution in [0.15, 0.2) is 78.9 Å². The molecule has 1 saturated heterocycles. The first kappa shape index (κ1) is 25.3. The lowest BCUT2D eigenvalue weighted by atomic mass is 9.99. The second-order valence-corrected chi connectivity index (χ2v) is 10.7. The lowest BCUT2D eigenvalue weighted by Crippen LogP contribution is -2.43. The highest BCUT2D eigenvalue weighted by Gasteiger charge is 2.38. The van der Waals surface area contributed by atoms with Gasteiger partial charge in [0.15, 0.2) is 0 Å². The van der Waals surface area contributed by atoms with Gasteiger partial charge in [-0.3, -0.25) is 14.5 Å². The standard InChI is InChI=1S/C30H26F2N4O2S/c31-22-11-13-24(14-12-22)36-30-27(28(33-36)20-7-2-1-3-8-20)29(21-9-6-10-23(32)17-21)39-19-26(38)35(30)18-25(37)34-15-4-5-16-34/h1-3,6-14,17,29H,4-5,15-16,18-19H2. The third-order valence-corrected chi connectivity index (χ3v) is 8.37. The number of fused-ring (bicyclic) bond motifs is 1. The fraction of sp³-hybridized carbons (Fsp3) is 0.233. The summed E-state index contributed by atoms with van der Waals surface area (Å²) in [4.78, 5) is 30.3. The molecule has 0 spiro atoms.